The van der Waals surface area contributed by atoms with Gasteiger partial charge in [-0.2, -0.15) is 0 Å². The molecule has 114 valence electrons. The molecule has 0 saturated heterocycles. The number of carbonyl (C=O) groups is 1. The van der Waals surface area contributed by atoms with Gasteiger partial charge in [-0.15, -0.1) is 0 Å². The molecule has 7 heteroatoms. The fourth-order valence-electron chi connectivity index (χ4n) is 1.84. The molecule has 0 unspecified atom stereocenters. The van der Waals surface area contributed by atoms with Crippen LogP contribution in [0.1, 0.15) is 10.5 Å². The minimum absolute atomic E-state index is 0.256. The van der Waals surface area contributed by atoms with Gasteiger partial charge in [-0.25, -0.2) is 9.97 Å². The van der Waals surface area contributed by atoms with Gasteiger partial charge in [0.15, 0.2) is 0 Å². The van der Waals surface area contributed by atoms with Crippen molar-refractivity contribution in [3.8, 4) is 0 Å². The van der Waals surface area contributed by atoms with Crippen molar-refractivity contribution in [1.82, 2.24) is 15.0 Å². The number of nitrogens with zero attached hydrogens (tertiary/aromatic N) is 3. The molecule has 2 aromatic heterocycles. The molecule has 0 fully saturated rings. The summed E-state index contributed by atoms with van der Waals surface area (Å²) in [5.41, 5.74) is 1.68. The molecule has 0 aliphatic rings. The zero-order chi connectivity index (χ0) is 16.1. The molecule has 0 radical (unpaired) electrons. The Kier molecular flexibility index (Phi) is 4.44. The molecule has 6 nitrogen and oxygen atoms in total. The Morgan fingerprint density at radius 2 is 1.65 bits per heavy atom. The summed E-state index contributed by atoms with van der Waals surface area (Å²) in [4.78, 5) is 24.5. The lowest BCUT2D eigenvalue weighted by atomic mass is 10.3. The standard InChI is InChI=1S/C16H12ClN5O/c17-11-1-3-12(4-2-11)20-15(23)14-7-10-19-16(22-14)21-13-5-8-18-9-6-13/h1-10H,(H,20,23)(H,18,19,21,22). The first kappa shape index (κ1) is 14.9. The Morgan fingerprint density at radius 1 is 0.913 bits per heavy atom. The van der Waals surface area contributed by atoms with E-state index in [0.29, 0.717) is 16.7 Å². The van der Waals surface area contributed by atoms with Gasteiger partial charge in [0, 0.05) is 35.0 Å². The molecule has 23 heavy (non-hydrogen) atoms. The summed E-state index contributed by atoms with van der Waals surface area (Å²) in [5.74, 6) is 0.00690. The molecule has 0 aliphatic heterocycles. The van der Waals surface area contributed by atoms with Crippen LogP contribution in [-0.2, 0) is 0 Å². The molecule has 0 aliphatic carbocycles. The second-order valence-corrected chi connectivity index (χ2v) is 5.02. The number of aromatic nitrogens is 3. The molecule has 2 N–H and O–H groups in total. The van der Waals surface area contributed by atoms with Crippen LogP contribution in [0.5, 0.6) is 0 Å². The van der Waals surface area contributed by atoms with Crippen LogP contribution in [0.25, 0.3) is 0 Å². The Morgan fingerprint density at radius 3 is 2.39 bits per heavy atom. The van der Waals surface area contributed by atoms with Crippen molar-refractivity contribution >= 4 is 34.8 Å². The van der Waals surface area contributed by atoms with Crippen molar-refractivity contribution in [3.63, 3.8) is 0 Å². The zero-order valence-electron chi connectivity index (χ0n) is 11.9. The Hall–Kier alpha value is -2.99. The van der Waals surface area contributed by atoms with Gasteiger partial charge < -0.3 is 10.6 Å². The minimum atomic E-state index is -0.326. The second-order valence-electron chi connectivity index (χ2n) is 4.59. The van der Waals surface area contributed by atoms with Crippen molar-refractivity contribution in [3.05, 3.63) is 71.8 Å². The fraction of sp³-hybridized carbons (Fsp3) is 0. The lowest BCUT2D eigenvalue weighted by Crippen LogP contribution is -2.14. The number of halogens is 1. The first-order valence-corrected chi connectivity index (χ1v) is 7.15. The number of carbonyl (C=O) groups excluding carboxylic acids is 1. The topological polar surface area (TPSA) is 79.8 Å². The summed E-state index contributed by atoms with van der Waals surface area (Å²) in [6.45, 7) is 0. The van der Waals surface area contributed by atoms with Crippen LogP contribution in [-0.4, -0.2) is 20.9 Å². The monoisotopic (exact) mass is 325 g/mol. The van der Waals surface area contributed by atoms with Crippen LogP contribution in [0.2, 0.25) is 5.02 Å². The van der Waals surface area contributed by atoms with Gasteiger partial charge >= 0.3 is 0 Å². The molecule has 0 atom stereocenters. The lowest BCUT2D eigenvalue weighted by Gasteiger charge is -2.07. The first-order valence-electron chi connectivity index (χ1n) is 6.78. The SMILES string of the molecule is O=C(Nc1ccc(Cl)cc1)c1ccnc(Nc2ccncc2)n1. The number of hydrogen-bond donors (Lipinski definition) is 2. The maximum atomic E-state index is 12.2. The van der Waals surface area contributed by atoms with Crippen molar-refractivity contribution in [2.75, 3.05) is 10.6 Å². The molecule has 1 amide bonds. The number of anilines is 3. The summed E-state index contributed by atoms with van der Waals surface area (Å²) < 4.78 is 0. The van der Waals surface area contributed by atoms with Crippen LogP contribution in [0.3, 0.4) is 0 Å². The summed E-state index contributed by atoms with van der Waals surface area (Å²) in [6.07, 6.45) is 4.83. The van der Waals surface area contributed by atoms with E-state index in [2.05, 4.69) is 25.6 Å². The van der Waals surface area contributed by atoms with E-state index < -0.39 is 0 Å². The van der Waals surface area contributed by atoms with Crippen LogP contribution in [0.15, 0.2) is 61.1 Å². The Balaban J connectivity index is 1.73. The number of benzene rings is 1. The third-order valence-corrected chi connectivity index (χ3v) is 3.18. The van der Waals surface area contributed by atoms with Crippen LogP contribution >= 0.6 is 11.6 Å². The van der Waals surface area contributed by atoms with E-state index >= 15 is 0 Å². The highest BCUT2D eigenvalue weighted by molar-refractivity contribution is 6.30. The zero-order valence-corrected chi connectivity index (χ0v) is 12.7. The molecule has 0 bridgehead atoms. The molecule has 1 aromatic carbocycles. The van der Waals surface area contributed by atoms with E-state index in [1.807, 2.05) is 0 Å². The van der Waals surface area contributed by atoms with Crippen molar-refractivity contribution in [2.45, 2.75) is 0 Å². The van der Waals surface area contributed by atoms with Crippen molar-refractivity contribution in [2.24, 2.45) is 0 Å². The molecule has 0 saturated carbocycles. The maximum absolute atomic E-state index is 12.2. The third kappa shape index (κ3) is 4.02. The van der Waals surface area contributed by atoms with Crippen molar-refractivity contribution < 1.29 is 4.79 Å². The van der Waals surface area contributed by atoms with Gasteiger partial charge in [-0.05, 0) is 42.5 Å². The van der Waals surface area contributed by atoms with Gasteiger partial charge in [0.1, 0.15) is 5.69 Å². The maximum Gasteiger partial charge on any atom is 0.274 e. The first-order chi connectivity index (χ1) is 11.2. The van der Waals surface area contributed by atoms with Crippen LogP contribution in [0, 0.1) is 0 Å². The number of hydrogen-bond acceptors (Lipinski definition) is 5. The predicted octanol–water partition coefficient (Wildman–Crippen LogP) is 3.52. The van der Waals surface area contributed by atoms with Crippen LogP contribution < -0.4 is 10.6 Å². The number of rotatable bonds is 4. The number of pyridine rings is 1. The van der Waals surface area contributed by atoms with E-state index in [9.17, 15) is 4.79 Å². The van der Waals surface area contributed by atoms with Gasteiger partial charge in [0.2, 0.25) is 5.95 Å². The smallest absolute Gasteiger partial charge is 0.274 e. The lowest BCUT2D eigenvalue weighted by molar-refractivity contribution is 0.102. The van der Waals surface area contributed by atoms with E-state index in [1.54, 1.807) is 54.9 Å². The average molecular weight is 326 g/mol. The Bertz CT molecular complexity index is 808. The van der Waals surface area contributed by atoms with Crippen molar-refractivity contribution in [1.29, 1.82) is 0 Å². The summed E-state index contributed by atoms with van der Waals surface area (Å²) in [5, 5.41) is 6.37. The van der Waals surface area contributed by atoms with E-state index in [4.69, 9.17) is 11.6 Å². The molecule has 2 heterocycles. The quantitative estimate of drug-likeness (QED) is 0.767. The van der Waals surface area contributed by atoms with Crippen LogP contribution in [0.4, 0.5) is 17.3 Å². The van der Waals surface area contributed by atoms with Gasteiger partial charge in [-0.1, -0.05) is 11.6 Å². The van der Waals surface area contributed by atoms with E-state index in [0.717, 1.165) is 5.69 Å². The number of amides is 1. The highest BCUT2D eigenvalue weighted by Crippen LogP contribution is 2.15. The molecular weight excluding hydrogens is 314 g/mol. The summed E-state index contributed by atoms with van der Waals surface area (Å²) >= 11 is 5.82. The fourth-order valence-corrected chi connectivity index (χ4v) is 1.96. The average Bonchev–Trinajstić information content (AvgIpc) is 2.58. The number of nitrogens with one attached hydrogen (secondary N) is 2. The summed E-state index contributed by atoms with van der Waals surface area (Å²) in [6, 6.07) is 12.0. The molecule has 0 spiro atoms. The molecular formula is C16H12ClN5O. The van der Waals surface area contributed by atoms with E-state index in [-0.39, 0.29) is 11.6 Å². The molecule has 3 aromatic rings. The highest BCUT2D eigenvalue weighted by atomic mass is 35.5. The predicted molar refractivity (Wildman–Crippen MR) is 89.0 cm³/mol. The van der Waals surface area contributed by atoms with Gasteiger partial charge in [-0.3, -0.25) is 9.78 Å². The Labute approximate surface area is 137 Å². The van der Waals surface area contributed by atoms with Gasteiger partial charge in [0.05, 0.1) is 0 Å². The van der Waals surface area contributed by atoms with E-state index in [1.165, 1.54) is 6.20 Å². The largest absolute Gasteiger partial charge is 0.324 e. The normalized spacial score (nSPS) is 10.1. The third-order valence-electron chi connectivity index (χ3n) is 2.93. The molecule has 3 rings (SSSR count). The second kappa shape index (κ2) is 6.85. The highest BCUT2D eigenvalue weighted by Gasteiger charge is 2.09. The summed E-state index contributed by atoms with van der Waals surface area (Å²) in [7, 11) is 0. The van der Waals surface area contributed by atoms with Gasteiger partial charge in [0.25, 0.3) is 5.91 Å². The minimum Gasteiger partial charge on any atom is -0.324 e.